The van der Waals surface area contributed by atoms with E-state index in [1.54, 1.807) is 0 Å². The van der Waals surface area contributed by atoms with E-state index in [-0.39, 0.29) is 0 Å². The second-order valence-electron chi connectivity index (χ2n) is 2.37. The van der Waals surface area contributed by atoms with E-state index in [1.807, 2.05) is 0 Å². The van der Waals surface area contributed by atoms with Crippen molar-refractivity contribution in [2.24, 2.45) is 0 Å². The molecule has 0 radical (unpaired) electrons. The van der Waals surface area contributed by atoms with Gasteiger partial charge in [0.05, 0.1) is 6.61 Å². The van der Waals surface area contributed by atoms with Crippen LogP contribution in [0.25, 0.3) is 0 Å². The first-order valence-electron chi connectivity index (χ1n) is 3.22. The molecule has 3 heteroatoms. The first kappa shape index (κ1) is 6.67. The minimum atomic E-state index is 0.798. The third-order valence-corrected chi connectivity index (χ3v) is 2.73. The van der Waals surface area contributed by atoms with Gasteiger partial charge in [-0.3, -0.25) is 0 Å². The molecule has 1 aliphatic heterocycles. The van der Waals surface area contributed by atoms with Gasteiger partial charge < -0.3 is 4.65 Å². The normalized spacial score (nSPS) is 14.5. The average molecular weight is 244 g/mol. The maximum atomic E-state index is 5.29. The largest absolute Gasteiger partial charge is 0.430 e. The van der Waals surface area contributed by atoms with Gasteiger partial charge in [-0.1, -0.05) is 12.1 Å². The monoisotopic (exact) mass is 244 g/mol. The summed E-state index contributed by atoms with van der Waals surface area (Å²) < 4.78 is 6.62. The average Bonchev–Trinajstić information content (AvgIpc) is 2.36. The van der Waals surface area contributed by atoms with Gasteiger partial charge in [-0.25, -0.2) is 0 Å². The van der Waals surface area contributed by atoms with Gasteiger partial charge in [-0.15, -0.1) is 0 Å². The van der Waals surface area contributed by atoms with Crippen LogP contribution in [0.15, 0.2) is 18.2 Å². The lowest BCUT2D eigenvalue weighted by Gasteiger charge is -1.96. The van der Waals surface area contributed by atoms with E-state index in [0.717, 1.165) is 14.1 Å². The number of fused-ring (bicyclic) bond motifs is 1. The van der Waals surface area contributed by atoms with Crippen LogP contribution in [0.1, 0.15) is 5.56 Å². The van der Waals surface area contributed by atoms with Crippen LogP contribution in [0.4, 0.5) is 0 Å². The zero-order valence-corrected chi connectivity index (χ0v) is 7.59. The molecule has 0 unspecified atom stereocenters. The molecule has 0 aromatic heterocycles. The quantitative estimate of drug-likeness (QED) is 0.484. The van der Waals surface area contributed by atoms with Gasteiger partial charge in [-0.05, 0) is 39.7 Å². The predicted octanol–water partition coefficient (Wildman–Crippen LogP) is 0.798. The summed E-state index contributed by atoms with van der Waals surface area (Å²) in [6.45, 7) is 0.798. The predicted molar refractivity (Wildman–Crippen MR) is 50.7 cm³/mol. The molecule has 1 aliphatic rings. The molecular formula is C7H6BIO. The summed E-state index contributed by atoms with van der Waals surface area (Å²) >= 11 is 2.35. The van der Waals surface area contributed by atoms with Gasteiger partial charge in [-0.2, -0.15) is 0 Å². The van der Waals surface area contributed by atoms with Crippen molar-refractivity contribution in [3.8, 4) is 0 Å². The molecule has 1 heterocycles. The van der Waals surface area contributed by atoms with Gasteiger partial charge in [0.25, 0.3) is 0 Å². The van der Waals surface area contributed by atoms with Gasteiger partial charge in [0.1, 0.15) is 0 Å². The van der Waals surface area contributed by atoms with Crippen LogP contribution in [-0.4, -0.2) is 7.48 Å². The molecule has 0 amide bonds. The Hall–Kier alpha value is -0.0251. The van der Waals surface area contributed by atoms with Crippen molar-refractivity contribution in [1.82, 2.24) is 0 Å². The van der Waals surface area contributed by atoms with Crippen molar-refractivity contribution in [2.75, 3.05) is 0 Å². The fraction of sp³-hybridized carbons (Fsp3) is 0.143. The number of hydrogen-bond donors (Lipinski definition) is 0. The second kappa shape index (κ2) is 2.55. The summed E-state index contributed by atoms with van der Waals surface area (Å²) in [6, 6.07) is 6.33. The highest BCUT2D eigenvalue weighted by atomic mass is 127. The second-order valence-corrected chi connectivity index (χ2v) is 3.53. The molecule has 10 heavy (non-hydrogen) atoms. The number of rotatable bonds is 0. The zero-order valence-electron chi connectivity index (χ0n) is 5.43. The molecular weight excluding hydrogens is 238 g/mol. The van der Waals surface area contributed by atoms with Crippen LogP contribution >= 0.6 is 22.6 Å². The molecule has 1 aromatic rings. The Morgan fingerprint density at radius 3 is 3.20 bits per heavy atom. The zero-order chi connectivity index (χ0) is 6.97. The third-order valence-electron chi connectivity index (χ3n) is 1.72. The van der Waals surface area contributed by atoms with Gasteiger partial charge in [0, 0.05) is 3.57 Å². The van der Waals surface area contributed by atoms with Crippen LogP contribution in [0.5, 0.6) is 0 Å². The lowest BCUT2D eigenvalue weighted by atomic mass is 9.88. The van der Waals surface area contributed by atoms with Crippen LogP contribution in [-0.2, 0) is 11.3 Å². The van der Waals surface area contributed by atoms with Crippen molar-refractivity contribution in [1.29, 1.82) is 0 Å². The highest BCUT2D eigenvalue weighted by Gasteiger charge is 2.14. The minimum Gasteiger partial charge on any atom is -0.430 e. The van der Waals surface area contributed by atoms with E-state index < -0.39 is 0 Å². The Bertz CT molecular complexity index is 262. The molecule has 0 saturated heterocycles. The minimum absolute atomic E-state index is 0.798. The topological polar surface area (TPSA) is 9.23 Å². The van der Waals surface area contributed by atoms with Crippen molar-refractivity contribution in [3.05, 3.63) is 27.3 Å². The van der Waals surface area contributed by atoms with Crippen molar-refractivity contribution in [3.63, 3.8) is 0 Å². The molecule has 0 fully saturated rings. The Morgan fingerprint density at radius 1 is 1.50 bits per heavy atom. The van der Waals surface area contributed by atoms with Crippen molar-refractivity contribution < 1.29 is 4.65 Å². The summed E-state index contributed by atoms with van der Waals surface area (Å²) in [7, 11) is 0.800. The molecule has 0 spiro atoms. The smallest absolute Gasteiger partial charge is 0.310 e. The Labute approximate surface area is 74.2 Å². The number of benzene rings is 1. The number of halogens is 1. The molecule has 0 atom stereocenters. The molecule has 0 bridgehead atoms. The maximum Gasteiger partial charge on any atom is 0.310 e. The molecule has 0 N–H and O–H groups in total. The first-order chi connectivity index (χ1) is 4.88. The summed E-state index contributed by atoms with van der Waals surface area (Å²) in [5, 5.41) is 0. The number of hydrogen-bond acceptors (Lipinski definition) is 1. The van der Waals surface area contributed by atoms with E-state index in [2.05, 4.69) is 40.8 Å². The SMILES string of the molecule is Ic1cccc2c1BOC2. The highest BCUT2D eigenvalue weighted by molar-refractivity contribution is 14.1. The van der Waals surface area contributed by atoms with E-state index >= 15 is 0 Å². The van der Waals surface area contributed by atoms with Crippen LogP contribution < -0.4 is 5.46 Å². The van der Waals surface area contributed by atoms with Gasteiger partial charge in [0.15, 0.2) is 0 Å². The highest BCUT2D eigenvalue weighted by Crippen LogP contribution is 2.10. The molecule has 0 saturated carbocycles. The fourth-order valence-corrected chi connectivity index (χ4v) is 1.87. The van der Waals surface area contributed by atoms with Crippen LogP contribution in [0, 0.1) is 3.57 Å². The maximum absolute atomic E-state index is 5.29. The molecule has 50 valence electrons. The molecule has 2 rings (SSSR count). The fourth-order valence-electron chi connectivity index (χ4n) is 1.16. The molecule has 0 aliphatic carbocycles. The Kier molecular flexibility index (Phi) is 1.70. The lowest BCUT2D eigenvalue weighted by Crippen LogP contribution is -2.14. The molecule has 1 nitrogen and oxygen atoms in total. The summed E-state index contributed by atoms with van der Waals surface area (Å²) in [5.41, 5.74) is 2.73. The van der Waals surface area contributed by atoms with Crippen LogP contribution in [0.3, 0.4) is 0 Å². The Balaban J connectivity index is 2.59. The summed E-state index contributed by atoms with van der Waals surface area (Å²) in [5.74, 6) is 0. The van der Waals surface area contributed by atoms with E-state index in [0.29, 0.717) is 0 Å². The first-order valence-corrected chi connectivity index (χ1v) is 4.30. The van der Waals surface area contributed by atoms with Crippen molar-refractivity contribution in [2.45, 2.75) is 6.61 Å². The van der Waals surface area contributed by atoms with Gasteiger partial charge in [0.2, 0.25) is 0 Å². The standard InChI is InChI=1S/C7H6BIO/c9-6-3-1-2-5-4-10-8-7(5)6/h1-3,8H,4H2. The Morgan fingerprint density at radius 2 is 2.40 bits per heavy atom. The van der Waals surface area contributed by atoms with E-state index in [1.165, 1.54) is 14.6 Å². The van der Waals surface area contributed by atoms with Crippen LogP contribution in [0.2, 0.25) is 0 Å². The van der Waals surface area contributed by atoms with E-state index in [9.17, 15) is 0 Å². The summed E-state index contributed by atoms with van der Waals surface area (Å²) in [4.78, 5) is 0. The third kappa shape index (κ3) is 0.972. The molecule has 1 aromatic carbocycles. The van der Waals surface area contributed by atoms with Gasteiger partial charge >= 0.3 is 7.48 Å². The van der Waals surface area contributed by atoms with E-state index in [4.69, 9.17) is 4.65 Å². The van der Waals surface area contributed by atoms with Crippen molar-refractivity contribution >= 4 is 35.5 Å². The summed E-state index contributed by atoms with van der Waals surface area (Å²) in [6.07, 6.45) is 0. The lowest BCUT2D eigenvalue weighted by molar-refractivity contribution is 0.345.